The summed E-state index contributed by atoms with van der Waals surface area (Å²) in [6.07, 6.45) is 2.62. The molecule has 0 fully saturated rings. The SMILES string of the molecule is N#N.O=C1C=CC(=O)c2ccccc21.O=S(=O)(Cl)Cl. The average molecular weight is 321 g/mol. The molecule has 0 unspecified atom stereocenters. The van der Waals surface area contributed by atoms with Gasteiger partial charge in [-0.3, -0.25) is 9.59 Å². The van der Waals surface area contributed by atoms with E-state index in [1.54, 1.807) is 24.3 Å². The van der Waals surface area contributed by atoms with Gasteiger partial charge >= 0.3 is 8.26 Å². The maximum Gasteiger partial charge on any atom is 0.317 e. The minimum atomic E-state index is -3.72. The lowest BCUT2D eigenvalue weighted by Crippen LogP contribution is -2.10. The predicted octanol–water partition coefficient (Wildman–Crippen LogP) is 2.36. The lowest BCUT2D eigenvalue weighted by Gasteiger charge is -2.06. The first-order chi connectivity index (χ1) is 8.79. The van der Waals surface area contributed by atoms with E-state index in [1.165, 1.54) is 12.2 Å². The van der Waals surface area contributed by atoms with Gasteiger partial charge in [0.25, 0.3) is 0 Å². The minimum absolute atomic E-state index is 0.0924. The number of halogens is 2. The van der Waals surface area contributed by atoms with Gasteiger partial charge in [-0.2, -0.15) is 8.42 Å². The topological polar surface area (TPSA) is 116 Å². The molecule has 0 aliphatic heterocycles. The van der Waals surface area contributed by atoms with Gasteiger partial charge in [0.05, 0.1) is 0 Å². The van der Waals surface area contributed by atoms with Gasteiger partial charge in [0.2, 0.25) is 0 Å². The predicted molar refractivity (Wildman–Crippen MR) is 68.3 cm³/mol. The molecule has 0 amide bonds. The molecule has 0 atom stereocenters. The van der Waals surface area contributed by atoms with Crippen LogP contribution in [0.5, 0.6) is 0 Å². The van der Waals surface area contributed by atoms with Crippen molar-refractivity contribution in [2.45, 2.75) is 0 Å². The van der Waals surface area contributed by atoms with Gasteiger partial charge in [0, 0.05) is 43.3 Å². The Morgan fingerprint density at radius 3 is 1.37 bits per heavy atom. The molecule has 0 bridgehead atoms. The highest BCUT2D eigenvalue weighted by molar-refractivity contribution is 8.31. The van der Waals surface area contributed by atoms with E-state index in [4.69, 9.17) is 19.2 Å². The van der Waals surface area contributed by atoms with Gasteiger partial charge in [-0.25, -0.2) is 0 Å². The van der Waals surface area contributed by atoms with E-state index in [9.17, 15) is 9.59 Å². The zero-order chi connectivity index (χ0) is 15.1. The molecule has 1 aromatic carbocycles. The lowest BCUT2D eigenvalue weighted by molar-refractivity contribution is 0.0994. The van der Waals surface area contributed by atoms with Crippen LogP contribution in [-0.4, -0.2) is 20.0 Å². The molecule has 6 nitrogen and oxygen atoms in total. The molecular weight excluding hydrogens is 315 g/mol. The number of nitrogens with zero attached hydrogens (tertiary/aromatic N) is 2. The Kier molecular flexibility index (Phi) is 6.93. The maximum atomic E-state index is 11.2. The molecule has 1 aliphatic rings. The molecule has 2 rings (SSSR count). The van der Waals surface area contributed by atoms with Crippen LogP contribution < -0.4 is 0 Å². The zero-order valence-corrected chi connectivity index (χ0v) is 11.5. The molecule has 0 heterocycles. The van der Waals surface area contributed by atoms with Crippen molar-refractivity contribution in [3.8, 4) is 0 Å². The summed E-state index contributed by atoms with van der Waals surface area (Å²) in [5.41, 5.74) is 1.01. The summed E-state index contributed by atoms with van der Waals surface area (Å²) in [7, 11) is 4.81. The van der Waals surface area contributed by atoms with Gasteiger partial charge in [-0.1, -0.05) is 24.3 Å². The van der Waals surface area contributed by atoms with E-state index in [1.807, 2.05) is 0 Å². The second kappa shape index (κ2) is 7.63. The number of hydrogen-bond acceptors (Lipinski definition) is 6. The van der Waals surface area contributed by atoms with Gasteiger partial charge < -0.3 is 0 Å². The third-order valence-electron chi connectivity index (χ3n) is 1.84. The van der Waals surface area contributed by atoms with Crippen molar-refractivity contribution in [1.82, 2.24) is 0 Å². The number of hydrogen-bond donors (Lipinski definition) is 0. The van der Waals surface area contributed by atoms with Gasteiger partial charge in [-0.05, 0) is 12.2 Å². The number of carbonyl (C=O) groups is 2. The lowest BCUT2D eigenvalue weighted by atomic mass is 9.95. The molecule has 100 valence electrons. The number of rotatable bonds is 0. The van der Waals surface area contributed by atoms with E-state index in [2.05, 4.69) is 21.4 Å². The summed E-state index contributed by atoms with van der Waals surface area (Å²) in [5.74, 6) is -0.185. The van der Waals surface area contributed by atoms with Gasteiger partial charge in [-0.15, -0.1) is 0 Å². The molecular formula is C10H6Cl2N2O4S. The fraction of sp³-hybridized carbons (Fsp3) is 0. The number of fused-ring (bicyclic) bond motifs is 1. The highest BCUT2D eigenvalue weighted by Gasteiger charge is 2.16. The number of benzene rings is 1. The second-order valence-corrected chi connectivity index (χ2v) is 6.65. The molecule has 0 saturated heterocycles. The Morgan fingerprint density at radius 1 is 0.842 bits per heavy atom. The molecule has 9 heteroatoms. The Bertz CT molecular complexity index is 593. The number of allylic oxidation sites excluding steroid dienone is 2. The highest BCUT2D eigenvalue weighted by atomic mass is 36.0. The summed E-state index contributed by atoms with van der Waals surface area (Å²) in [5, 5.41) is 12.0. The van der Waals surface area contributed by atoms with Crippen LogP contribution in [0.15, 0.2) is 36.4 Å². The molecule has 0 radical (unpaired) electrons. The first kappa shape index (κ1) is 17.2. The fourth-order valence-corrected chi connectivity index (χ4v) is 1.24. The summed E-state index contributed by atoms with van der Waals surface area (Å²) in [4.78, 5) is 22.4. The van der Waals surface area contributed by atoms with E-state index in [0.29, 0.717) is 11.1 Å². The Hall–Kier alpha value is -1.75. The van der Waals surface area contributed by atoms with Crippen LogP contribution in [0.25, 0.3) is 0 Å². The van der Waals surface area contributed by atoms with E-state index >= 15 is 0 Å². The first-order valence-corrected chi connectivity index (χ1v) is 7.62. The van der Waals surface area contributed by atoms with E-state index in [-0.39, 0.29) is 11.6 Å². The Morgan fingerprint density at radius 2 is 1.11 bits per heavy atom. The molecule has 0 N–H and O–H groups in total. The molecule has 0 aromatic heterocycles. The molecule has 1 aliphatic carbocycles. The third-order valence-corrected chi connectivity index (χ3v) is 1.84. The van der Waals surface area contributed by atoms with Crippen molar-refractivity contribution in [1.29, 1.82) is 10.8 Å². The van der Waals surface area contributed by atoms with Crippen molar-refractivity contribution in [2.75, 3.05) is 0 Å². The smallest absolute Gasteiger partial charge is 0.289 e. The van der Waals surface area contributed by atoms with Crippen LogP contribution in [0.3, 0.4) is 0 Å². The Labute approximate surface area is 118 Å². The van der Waals surface area contributed by atoms with E-state index in [0.717, 1.165) is 0 Å². The number of carbonyl (C=O) groups excluding carboxylic acids is 2. The van der Waals surface area contributed by atoms with Crippen LogP contribution >= 0.6 is 21.4 Å². The Balaban J connectivity index is 0.000000396. The molecule has 0 spiro atoms. The summed E-state index contributed by atoms with van der Waals surface area (Å²) >= 11 is 0. The quantitative estimate of drug-likeness (QED) is 0.535. The van der Waals surface area contributed by atoms with Crippen molar-refractivity contribution in [3.05, 3.63) is 47.5 Å². The second-order valence-electron chi connectivity index (χ2n) is 2.99. The van der Waals surface area contributed by atoms with Crippen molar-refractivity contribution < 1.29 is 18.0 Å². The minimum Gasteiger partial charge on any atom is -0.289 e. The van der Waals surface area contributed by atoms with Crippen LogP contribution in [-0.2, 0) is 8.26 Å². The van der Waals surface area contributed by atoms with Crippen LogP contribution in [0.1, 0.15) is 20.7 Å². The molecule has 19 heavy (non-hydrogen) atoms. The van der Waals surface area contributed by atoms with Crippen molar-refractivity contribution in [2.24, 2.45) is 0 Å². The summed E-state index contributed by atoms with van der Waals surface area (Å²) in [6, 6.07) is 6.84. The monoisotopic (exact) mass is 320 g/mol. The van der Waals surface area contributed by atoms with Crippen molar-refractivity contribution >= 4 is 41.2 Å². The van der Waals surface area contributed by atoms with Crippen LogP contribution in [0, 0.1) is 10.8 Å². The van der Waals surface area contributed by atoms with Crippen molar-refractivity contribution in [3.63, 3.8) is 0 Å². The van der Waals surface area contributed by atoms with E-state index < -0.39 is 8.26 Å². The number of ketones is 2. The first-order valence-electron chi connectivity index (χ1n) is 4.49. The average Bonchev–Trinajstić information content (AvgIpc) is 2.35. The fourth-order valence-electron chi connectivity index (χ4n) is 1.24. The summed E-state index contributed by atoms with van der Waals surface area (Å²) in [6.45, 7) is 0. The molecule has 0 saturated carbocycles. The largest absolute Gasteiger partial charge is 0.317 e. The third kappa shape index (κ3) is 6.67. The summed E-state index contributed by atoms with van der Waals surface area (Å²) < 4.78 is 18.3. The van der Waals surface area contributed by atoms with Crippen LogP contribution in [0.2, 0.25) is 0 Å². The highest BCUT2D eigenvalue weighted by Crippen LogP contribution is 2.15. The maximum absolute atomic E-state index is 11.2. The molecule has 1 aromatic rings. The van der Waals surface area contributed by atoms with Crippen LogP contribution in [0.4, 0.5) is 0 Å². The standard InChI is InChI=1S/C10H6O2.Cl2O2S.N2/c11-9-5-6-10(12)8-4-2-1-3-7(8)9;1-5(2,3)4;1-2/h1-6H;;. The van der Waals surface area contributed by atoms with Gasteiger partial charge in [0.15, 0.2) is 11.6 Å². The zero-order valence-electron chi connectivity index (χ0n) is 9.16. The normalized spacial score (nSPS) is 12.4. The van der Waals surface area contributed by atoms with Gasteiger partial charge in [0.1, 0.15) is 0 Å².